The Labute approximate surface area is 208 Å². The number of hydrogen-bond acceptors (Lipinski definition) is 4. The van der Waals surface area contributed by atoms with Crippen molar-refractivity contribution in [3.05, 3.63) is 64.7 Å². The van der Waals surface area contributed by atoms with Crippen molar-refractivity contribution in [2.45, 2.75) is 38.6 Å². The van der Waals surface area contributed by atoms with Gasteiger partial charge in [0.05, 0.1) is 12.4 Å². The molecule has 0 atom stereocenters. The van der Waals surface area contributed by atoms with Crippen LogP contribution in [0.25, 0.3) is 0 Å². The number of sulfonamides is 1. The van der Waals surface area contributed by atoms with E-state index in [1.165, 1.54) is 25.5 Å². The van der Waals surface area contributed by atoms with Crippen molar-refractivity contribution in [3.8, 4) is 5.75 Å². The zero-order valence-electron chi connectivity index (χ0n) is 18.8. The Morgan fingerprint density at radius 1 is 1.06 bits per heavy atom. The van der Waals surface area contributed by atoms with Gasteiger partial charge in [-0.05, 0) is 55.5 Å². The number of nitrogens with zero attached hydrogens (tertiary/aromatic N) is 1. The minimum Gasteiger partial charge on any atom is -0.493 e. The minimum atomic E-state index is -3.27. The molecule has 0 spiro atoms. The van der Waals surface area contributed by atoms with Gasteiger partial charge in [0.2, 0.25) is 10.0 Å². The topological polar surface area (TPSA) is 91.8 Å². The van der Waals surface area contributed by atoms with E-state index in [9.17, 15) is 8.42 Å². The van der Waals surface area contributed by atoms with Gasteiger partial charge < -0.3 is 15.4 Å². The monoisotopic (exact) mass is 572 g/mol. The first kappa shape index (κ1) is 26.4. The second kappa shape index (κ2) is 12.4. The lowest BCUT2D eigenvalue weighted by Gasteiger charge is -2.15. The molecule has 0 saturated heterocycles. The van der Waals surface area contributed by atoms with Gasteiger partial charge >= 0.3 is 0 Å². The van der Waals surface area contributed by atoms with Gasteiger partial charge in [0.25, 0.3) is 0 Å². The molecule has 0 heterocycles. The lowest BCUT2D eigenvalue weighted by Crippen LogP contribution is -2.36. The Morgan fingerprint density at radius 3 is 2.34 bits per heavy atom. The van der Waals surface area contributed by atoms with E-state index in [0.717, 1.165) is 29.0 Å². The van der Waals surface area contributed by atoms with E-state index in [2.05, 4.69) is 45.5 Å². The number of aliphatic imine (C=N–C) groups is 1. The average molecular weight is 573 g/mol. The Kier molecular flexibility index (Phi) is 10.2. The van der Waals surface area contributed by atoms with E-state index in [1.807, 2.05) is 24.3 Å². The molecule has 3 rings (SSSR count). The van der Waals surface area contributed by atoms with Crippen molar-refractivity contribution in [2.24, 2.45) is 10.9 Å². The molecule has 0 bridgehead atoms. The van der Waals surface area contributed by atoms with Gasteiger partial charge in [-0.1, -0.05) is 36.4 Å². The summed E-state index contributed by atoms with van der Waals surface area (Å²) in [6, 6.07) is 13.8. The molecule has 32 heavy (non-hydrogen) atoms. The van der Waals surface area contributed by atoms with Crippen LogP contribution in [0.4, 0.5) is 0 Å². The second-order valence-electron chi connectivity index (χ2n) is 7.92. The summed E-state index contributed by atoms with van der Waals surface area (Å²) < 4.78 is 31.7. The van der Waals surface area contributed by atoms with Gasteiger partial charge in [0.15, 0.2) is 5.96 Å². The summed E-state index contributed by atoms with van der Waals surface area (Å²) in [4.78, 5) is 4.29. The third-order valence-corrected chi connectivity index (χ3v) is 6.55. The van der Waals surface area contributed by atoms with Gasteiger partial charge in [-0.15, -0.1) is 24.0 Å². The quantitative estimate of drug-likeness (QED) is 0.231. The normalized spacial score (nSPS) is 13.9. The van der Waals surface area contributed by atoms with Gasteiger partial charge in [-0.2, -0.15) is 0 Å². The predicted octanol–water partition coefficient (Wildman–Crippen LogP) is 3.32. The van der Waals surface area contributed by atoms with Crippen LogP contribution in [0.3, 0.4) is 0 Å². The fourth-order valence-electron chi connectivity index (χ4n) is 3.06. The molecule has 0 aliphatic heterocycles. The van der Waals surface area contributed by atoms with Crippen molar-refractivity contribution in [3.63, 3.8) is 0 Å². The predicted molar refractivity (Wildman–Crippen MR) is 140 cm³/mol. The fourth-order valence-corrected chi connectivity index (χ4v) is 3.84. The molecule has 0 radical (unpaired) electrons. The zero-order valence-corrected chi connectivity index (χ0v) is 22.0. The van der Waals surface area contributed by atoms with Crippen molar-refractivity contribution in [1.29, 1.82) is 0 Å². The van der Waals surface area contributed by atoms with E-state index in [-0.39, 0.29) is 29.7 Å². The van der Waals surface area contributed by atoms with Crippen LogP contribution in [0.2, 0.25) is 0 Å². The molecule has 1 aliphatic carbocycles. The maximum atomic E-state index is 11.7. The van der Waals surface area contributed by atoms with Gasteiger partial charge in [-0.3, -0.25) is 4.99 Å². The number of nitrogens with one attached hydrogen (secondary N) is 3. The first-order chi connectivity index (χ1) is 14.9. The molecule has 0 aromatic heterocycles. The molecule has 0 unspecified atom stereocenters. The van der Waals surface area contributed by atoms with Gasteiger partial charge in [0, 0.05) is 25.7 Å². The Morgan fingerprint density at radius 2 is 1.72 bits per heavy atom. The fraction of sp³-hybridized carbons (Fsp3) is 0.435. The van der Waals surface area contributed by atoms with Crippen LogP contribution in [0.1, 0.15) is 35.1 Å². The van der Waals surface area contributed by atoms with Crippen LogP contribution in [0.5, 0.6) is 5.75 Å². The standard InChI is InChI=1S/C23H32N4O3S.HI/c1-17-4-11-21(22(12-17)30-15-19-7-8-19)14-27-23(24-2)26-13-18-5-9-20(10-6-18)16-31(28,29)25-3;/h4-6,9-12,19,25H,7-8,13-16H2,1-3H3,(H2,24,26,27);1H. The average Bonchev–Trinajstić information content (AvgIpc) is 3.59. The molecule has 2 aromatic rings. The number of benzene rings is 2. The summed E-state index contributed by atoms with van der Waals surface area (Å²) in [5.74, 6) is 2.31. The maximum Gasteiger partial charge on any atom is 0.215 e. The summed E-state index contributed by atoms with van der Waals surface area (Å²) in [7, 11) is -0.107. The van der Waals surface area contributed by atoms with Crippen LogP contribution >= 0.6 is 24.0 Å². The summed E-state index contributed by atoms with van der Waals surface area (Å²) >= 11 is 0. The summed E-state index contributed by atoms with van der Waals surface area (Å²) in [6.45, 7) is 4.05. The first-order valence-electron chi connectivity index (χ1n) is 10.5. The SMILES string of the molecule is CN=C(NCc1ccc(CS(=O)(=O)NC)cc1)NCc1ccc(C)cc1OCC1CC1.I. The van der Waals surface area contributed by atoms with Crippen molar-refractivity contribution in [1.82, 2.24) is 15.4 Å². The highest BCUT2D eigenvalue weighted by Gasteiger charge is 2.22. The third kappa shape index (κ3) is 8.59. The molecule has 9 heteroatoms. The molecule has 0 amide bonds. The molecule has 2 aromatic carbocycles. The van der Waals surface area contributed by atoms with Crippen LogP contribution in [0, 0.1) is 12.8 Å². The lowest BCUT2D eigenvalue weighted by atomic mass is 10.1. The highest BCUT2D eigenvalue weighted by Crippen LogP contribution is 2.30. The largest absolute Gasteiger partial charge is 0.493 e. The van der Waals surface area contributed by atoms with E-state index in [1.54, 1.807) is 7.05 Å². The van der Waals surface area contributed by atoms with Crippen LogP contribution < -0.4 is 20.1 Å². The summed E-state index contributed by atoms with van der Waals surface area (Å²) in [6.07, 6.45) is 2.53. The number of ether oxygens (including phenoxy) is 1. The van der Waals surface area contributed by atoms with Crippen LogP contribution in [-0.4, -0.2) is 35.1 Å². The number of rotatable bonds is 10. The summed E-state index contributed by atoms with van der Waals surface area (Å²) in [5.41, 5.74) is 4.07. The highest BCUT2D eigenvalue weighted by molar-refractivity contribution is 14.0. The third-order valence-electron chi connectivity index (χ3n) is 5.21. The molecular weight excluding hydrogens is 539 g/mol. The molecule has 1 fully saturated rings. The molecule has 1 aliphatic rings. The molecule has 1 saturated carbocycles. The second-order valence-corrected chi connectivity index (χ2v) is 9.85. The Hall–Kier alpha value is -1.85. The molecule has 7 nitrogen and oxygen atoms in total. The Bertz CT molecular complexity index is 1010. The van der Waals surface area contributed by atoms with Crippen molar-refractivity contribution in [2.75, 3.05) is 20.7 Å². The zero-order chi connectivity index (χ0) is 22.3. The van der Waals surface area contributed by atoms with Crippen molar-refractivity contribution < 1.29 is 13.2 Å². The maximum absolute atomic E-state index is 11.7. The van der Waals surface area contributed by atoms with E-state index in [4.69, 9.17) is 4.74 Å². The van der Waals surface area contributed by atoms with E-state index >= 15 is 0 Å². The number of hydrogen-bond donors (Lipinski definition) is 3. The van der Waals surface area contributed by atoms with Crippen LogP contribution in [-0.2, 0) is 28.9 Å². The number of guanidine groups is 1. The van der Waals surface area contributed by atoms with Crippen LogP contribution in [0.15, 0.2) is 47.5 Å². The van der Waals surface area contributed by atoms with Gasteiger partial charge in [0.1, 0.15) is 5.75 Å². The lowest BCUT2D eigenvalue weighted by molar-refractivity contribution is 0.296. The smallest absolute Gasteiger partial charge is 0.215 e. The van der Waals surface area contributed by atoms with E-state index < -0.39 is 10.0 Å². The molecule has 176 valence electrons. The summed E-state index contributed by atoms with van der Waals surface area (Å²) in [5, 5.41) is 6.63. The Balaban J connectivity index is 0.00000363. The van der Waals surface area contributed by atoms with Gasteiger partial charge in [-0.25, -0.2) is 13.1 Å². The molecular formula is C23H33IN4O3S. The van der Waals surface area contributed by atoms with Crippen molar-refractivity contribution >= 4 is 40.0 Å². The van der Waals surface area contributed by atoms with E-state index in [0.29, 0.717) is 25.0 Å². The number of halogens is 1. The number of aryl methyl sites for hydroxylation is 1. The molecule has 3 N–H and O–H groups in total. The highest BCUT2D eigenvalue weighted by atomic mass is 127. The minimum absolute atomic E-state index is 0. The first-order valence-corrected chi connectivity index (χ1v) is 12.2.